The third-order valence-electron chi connectivity index (χ3n) is 4.62. The average molecular weight is 269 g/mol. The Balaban J connectivity index is 3.91. The first-order chi connectivity index (χ1) is 9.28. The Bertz CT molecular complexity index is 161. The highest BCUT2D eigenvalue weighted by molar-refractivity contribution is 4.66. The Hall–Kier alpha value is 0. The Labute approximate surface area is 123 Å². The molecule has 0 N–H and O–H groups in total. The zero-order valence-electron chi connectivity index (χ0n) is 14.3. The van der Waals surface area contributed by atoms with Crippen molar-refractivity contribution in [2.75, 3.05) is 0 Å². The Morgan fingerprint density at radius 1 is 0.526 bits per heavy atom. The van der Waals surface area contributed by atoms with E-state index in [0.29, 0.717) is 0 Å². The molecule has 0 heterocycles. The van der Waals surface area contributed by atoms with E-state index < -0.39 is 0 Å². The van der Waals surface area contributed by atoms with Crippen LogP contribution < -0.4 is 0 Å². The van der Waals surface area contributed by atoms with Crippen LogP contribution in [0.25, 0.3) is 0 Å². The molecule has 0 aliphatic heterocycles. The molecular formula is C19H40. The lowest BCUT2D eigenvalue weighted by molar-refractivity contribution is 0.300. The van der Waals surface area contributed by atoms with E-state index >= 15 is 0 Å². The SMILES string of the molecule is CCCCCCCC(CCCC)CC(CC)CCC. The van der Waals surface area contributed by atoms with Crippen molar-refractivity contribution >= 4 is 0 Å². The molecule has 0 saturated carbocycles. The first-order valence-corrected chi connectivity index (χ1v) is 9.28. The Morgan fingerprint density at radius 3 is 1.74 bits per heavy atom. The minimum Gasteiger partial charge on any atom is -0.0654 e. The maximum atomic E-state index is 2.39. The zero-order valence-corrected chi connectivity index (χ0v) is 14.3. The zero-order chi connectivity index (χ0) is 14.3. The second-order valence-electron chi connectivity index (χ2n) is 6.51. The van der Waals surface area contributed by atoms with E-state index in [2.05, 4.69) is 27.7 Å². The van der Waals surface area contributed by atoms with Gasteiger partial charge in [0.15, 0.2) is 0 Å². The van der Waals surface area contributed by atoms with Crippen LogP contribution in [-0.4, -0.2) is 0 Å². The van der Waals surface area contributed by atoms with Gasteiger partial charge in [0.05, 0.1) is 0 Å². The van der Waals surface area contributed by atoms with Crippen LogP contribution in [0.1, 0.15) is 111 Å². The summed E-state index contributed by atoms with van der Waals surface area (Å²) >= 11 is 0. The van der Waals surface area contributed by atoms with Crippen molar-refractivity contribution in [2.24, 2.45) is 11.8 Å². The third-order valence-corrected chi connectivity index (χ3v) is 4.62. The van der Waals surface area contributed by atoms with E-state index in [9.17, 15) is 0 Å². The van der Waals surface area contributed by atoms with Crippen molar-refractivity contribution < 1.29 is 0 Å². The fourth-order valence-electron chi connectivity index (χ4n) is 3.28. The lowest BCUT2D eigenvalue weighted by Crippen LogP contribution is -2.09. The average Bonchev–Trinajstić information content (AvgIpc) is 2.43. The van der Waals surface area contributed by atoms with Crippen molar-refractivity contribution in [2.45, 2.75) is 111 Å². The first kappa shape index (κ1) is 19.0. The van der Waals surface area contributed by atoms with Crippen molar-refractivity contribution in [1.29, 1.82) is 0 Å². The number of hydrogen-bond donors (Lipinski definition) is 0. The Morgan fingerprint density at radius 2 is 1.16 bits per heavy atom. The predicted octanol–water partition coefficient (Wildman–Crippen LogP) is 7.37. The standard InChI is InChI=1S/C19H40/c1-5-9-11-12-13-16-19(15-10-6-2)17-18(8-4)14-7-3/h18-19H,5-17H2,1-4H3. The van der Waals surface area contributed by atoms with Crippen LogP contribution >= 0.6 is 0 Å². The van der Waals surface area contributed by atoms with Gasteiger partial charge in [-0.3, -0.25) is 0 Å². The van der Waals surface area contributed by atoms with Gasteiger partial charge in [-0.1, -0.05) is 105 Å². The molecule has 0 aromatic rings. The van der Waals surface area contributed by atoms with Gasteiger partial charge in [-0.05, 0) is 18.3 Å². The lowest BCUT2D eigenvalue weighted by Gasteiger charge is -2.22. The summed E-state index contributed by atoms with van der Waals surface area (Å²) in [6.45, 7) is 9.37. The van der Waals surface area contributed by atoms with Gasteiger partial charge in [0.1, 0.15) is 0 Å². The van der Waals surface area contributed by atoms with Gasteiger partial charge in [-0.2, -0.15) is 0 Å². The van der Waals surface area contributed by atoms with E-state index in [1.54, 1.807) is 0 Å². The van der Waals surface area contributed by atoms with Crippen molar-refractivity contribution in [3.05, 3.63) is 0 Å². The summed E-state index contributed by atoms with van der Waals surface area (Å²) in [6, 6.07) is 0. The molecule has 116 valence electrons. The molecule has 0 heteroatoms. The Kier molecular flexibility index (Phi) is 14.4. The number of unbranched alkanes of at least 4 members (excludes halogenated alkanes) is 5. The summed E-state index contributed by atoms with van der Waals surface area (Å²) in [5, 5.41) is 0. The molecule has 0 saturated heterocycles. The normalized spacial score (nSPS) is 14.5. The highest BCUT2D eigenvalue weighted by Crippen LogP contribution is 2.28. The summed E-state index contributed by atoms with van der Waals surface area (Å²) in [7, 11) is 0. The second-order valence-corrected chi connectivity index (χ2v) is 6.51. The van der Waals surface area contributed by atoms with Gasteiger partial charge in [0.2, 0.25) is 0 Å². The first-order valence-electron chi connectivity index (χ1n) is 9.28. The van der Waals surface area contributed by atoms with E-state index in [-0.39, 0.29) is 0 Å². The molecule has 0 amide bonds. The molecule has 0 fully saturated rings. The summed E-state index contributed by atoms with van der Waals surface area (Å²) < 4.78 is 0. The van der Waals surface area contributed by atoms with Crippen molar-refractivity contribution in [3.63, 3.8) is 0 Å². The van der Waals surface area contributed by atoms with E-state index in [0.717, 1.165) is 11.8 Å². The van der Waals surface area contributed by atoms with Gasteiger partial charge in [0.25, 0.3) is 0 Å². The topological polar surface area (TPSA) is 0 Å². The molecule has 0 bridgehead atoms. The molecule has 2 unspecified atom stereocenters. The summed E-state index contributed by atoms with van der Waals surface area (Å²) in [6.07, 6.45) is 18.8. The minimum atomic E-state index is 1.00. The number of hydrogen-bond acceptors (Lipinski definition) is 0. The van der Waals surface area contributed by atoms with Crippen LogP contribution in [0.5, 0.6) is 0 Å². The smallest absolute Gasteiger partial charge is 0.0412 e. The van der Waals surface area contributed by atoms with Gasteiger partial charge in [0, 0.05) is 0 Å². The predicted molar refractivity (Wildman–Crippen MR) is 89.7 cm³/mol. The maximum Gasteiger partial charge on any atom is -0.0412 e. The largest absolute Gasteiger partial charge is 0.0654 e. The molecule has 0 radical (unpaired) electrons. The van der Waals surface area contributed by atoms with Gasteiger partial charge in [-0.15, -0.1) is 0 Å². The summed E-state index contributed by atoms with van der Waals surface area (Å²) in [5.74, 6) is 2.03. The van der Waals surface area contributed by atoms with Gasteiger partial charge in [-0.25, -0.2) is 0 Å². The molecule has 0 rings (SSSR count). The maximum absolute atomic E-state index is 2.39. The fourth-order valence-corrected chi connectivity index (χ4v) is 3.28. The van der Waals surface area contributed by atoms with E-state index in [4.69, 9.17) is 0 Å². The van der Waals surface area contributed by atoms with Crippen LogP contribution in [0, 0.1) is 11.8 Å². The molecule has 2 atom stereocenters. The summed E-state index contributed by atoms with van der Waals surface area (Å²) in [5.41, 5.74) is 0. The highest BCUT2D eigenvalue weighted by atomic mass is 14.2. The summed E-state index contributed by atoms with van der Waals surface area (Å²) in [4.78, 5) is 0. The van der Waals surface area contributed by atoms with Crippen LogP contribution in [0.4, 0.5) is 0 Å². The molecule has 0 aliphatic carbocycles. The highest BCUT2D eigenvalue weighted by Gasteiger charge is 2.14. The second kappa shape index (κ2) is 14.4. The van der Waals surface area contributed by atoms with Crippen molar-refractivity contribution in [3.8, 4) is 0 Å². The molecule has 0 aromatic carbocycles. The van der Waals surface area contributed by atoms with Crippen molar-refractivity contribution in [1.82, 2.24) is 0 Å². The van der Waals surface area contributed by atoms with Crippen LogP contribution in [0.2, 0.25) is 0 Å². The monoisotopic (exact) mass is 268 g/mol. The molecule has 0 aliphatic rings. The van der Waals surface area contributed by atoms with Gasteiger partial charge < -0.3 is 0 Å². The molecule has 0 spiro atoms. The number of rotatable bonds is 14. The lowest BCUT2D eigenvalue weighted by atomic mass is 9.84. The molecular weight excluding hydrogens is 228 g/mol. The molecule has 0 nitrogen and oxygen atoms in total. The fraction of sp³-hybridized carbons (Fsp3) is 1.00. The third kappa shape index (κ3) is 11.5. The van der Waals surface area contributed by atoms with E-state index in [1.165, 1.54) is 83.5 Å². The van der Waals surface area contributed by atoms with Gasteiger partial charge >= 0.3 is 0 Å². The van der Waals surface area contributed by atoms with Crippen LogP contribution in [-0.2, 0) is 0 Å². The minimum absolute atomic E-state index is 1.00. The quantitative estimate of drug-likeness (QED) is 0.288. The molecule has 19 heavy (non-hydrogen) atoms. The molecule has 0 aromatic heterocycles. The van der Waals surface area contributed by atoms with Crippen LogP contribution in [0.15, 0.2) is 0 Å². The van der Waals surface area contributed by atoms with E-state index in [1.807, 2.05) is 0 Å². The van der Waals surface area contributed by atoms with Crippen LogP contribution in [0.3, 0.4) is 0 Å².